The van der Waals surface area contributed by atoms with Gasteiger partial charge in [-0.3, -0.25) is 9.59 Å². The zero-order valence-corrected chi connectivity index (χ0v) is 17.4. The number of hydrogen-bond acceptors (Lipinski definition) is 5. The van der Waals surface area contributed by atoms with Crippen molar-refractivity contribution in [3.8, 4) is 5.75 Å². The van der Waals surface area contributed by atoms with Crippen LogP contribution in [-0.4, -0.2) is 50.1 Å². The van der Waals surface area contributed by atoms with Crippen LogP contribution in [0.25, 0.3) is 0 Å². The van der Waals surface area contributed by atoms with E-state index in [0.717, 1.165) is 55.2 Å². The lowest BCUT2D eigenvalue weighted by atomic mass is 10.1. The van der Waals surface area contributed by atoms with Gasteiger partial charge in [0.1, 0.15) is 12.4 Å². The summed E-state index contributed by atoms with van der Waals surface area (Å²) in [6.45, 7) is 2.99. The van der Waals surface area contributed by atoms with E-state index in [4.69, 9.17) is 9.47 Å². The van der Waals surface area contributed by atoms with Crippen molar-refractivity contribution in [1.82, 2.24) is 4.90 Å². The number of aryl methyl sites for hydroxylation is 1. The van der Waals surface area contributed by atoms with Crippen LogP contribution >= 0.6 is 0 Å². The number of methoxy groups -OCH3 is 1. The maximum atomic E-state index is 12.8. The minimum Gasteiger partial charge on any atom is -0.490 e. The smallest absolute Gasteiger partial charge is 0.305 e. The van der Waals surface area contributed by atoms with Crippen molar-refractivity contribution >= 4 is 23.3 Å². The van der Waals surface area contributed by atoms with Crippen LogP contribution in [0.1, 0.15) is 41.6 Å². The van der Waals surface area contributed by atoms with Gasteiger partial charge in [-0.2, -0.15) is 0 Å². The highest BCUT2D eigenvalue weighted by Gasteiger charge is 2.23. The van der Waals surface area contributed by atoms with Gasteiger partial charge in [-0.05, 0) is 61.6 Å². The Morgan fingerprint density at radius 1 is 1.00 bits per heavy atom. The van der Waals surface area contributed by atoms with Crippen molar-refractivity contribution in [3.63, 3.8) is 0 Å². The molecule has 0 unspecified atom stereocenters. The van der Waals surface area contributed by atoms with E-state index in [-0.39, 0.29) is 11.9 Å². The first-order chi connectivity index (χ1) is 14.7. The Hall–Kier alpha value is -3.02. The highest BCUT2D eigenvalue weighted by Crippen LogP contribution is 2.37. The summed E-state index contributed by atoms with van der Waals surface area (Å²) in [5, 5.41) is 0. The lowest BCUT2D eigenvalue weighted by Crippen LogP contribution is -2.35. The fourth-order valence-corrected chi connectivity index (χ4v) is 4.09. The van der Waals surface area contributed by atoms with E-state index in [1.54, 1.807) is 0 Å². The summed E-state index contributed by atoms with van der Waals surface area (Å²) in [4.78, 5) is 28.3. The molecule has 0 aromatic heterocycles. The Bertz CT molecular complexity index is 904. The molecule has 1 amide bonds. The van der Waals surface area contributed by atoms with E-state index in [1.807, 2.05) is 35.2 Å². The molecule has 2 aromatic rings. The third kappa shape index (κ3) is 4.42. The average molecular weight is 408 g/mol. The first kappa shape index (κ1) is 20.3. The summed E-state index contributed by atoms with van der Waals surface area (Å²) < 4.78 is 10.6. The van der Waals surface area contributed by atoms with Gasteiger partial charge in [-0.25, -0.2) is 0 Å². The Kier molecular flexibility index (Phi) is 6.21. The number of likely N-dealkylation sites (tertiary alicyclic amines) is 1. The van der Waals surface area contributed by atoms with Crippen molar-refractivity contribution < 1.29 is 19.1 Å². The van der Waals surface area contributed by atoms with Gasteiger partial charge in [0.05, 0.1) is 19.3 Å². The van der Waals surface area contributed by atoms with Gasteiger partial charge in [-0.1, -0.05) is 12.1 Å². The zero-order chi connectivity index (χ0) is 20.9. The second-order valence-corrected chi connectivity index (χ2v) is 7.78. The van der Waals surface area contributed by atoms with Crippen molar-refractivity contribution in [2.75, 3.05) is 38.3 Å². The Morgan fingerprint density at radius 2 is 1.77 bits per heavy atom. The molecule has 0 saturated carbocycles. The molecular formula is C24H28N2O4. The topological polar surface area (TPSA) is 59.1 Å². The van der Waals surface area contributed by atoms with E-state index in [0.29, 0.717) is 25.0 Å². The highest BCUT2D eigenvalue weighted by molar-refractivity contribution is 5.95. The van der Waals surface area contributed by atoms with Gasteiger partial charge in [0.2, 0.25) is 0 Å². The number of rotatable bonds is 5. The fourth-order valence-electron chi connectivity index (χ4n) is 4.09. The monoisotopic (exact) mass is 408 g/mol. The number of carbonyl (C=O) groups is 2. The number of benzene rings is 2. The number of piperidine rings is 1. The Morgan fingerprint density at radius 3 is 2.50 bits per heavy atom. The Labute approximate surface area is 177 Å². The average Bonchev–Trinajstić information content (AvgIpc) is 2.82. The van der Waals surface area contributed by atoms with E-state index < -0.39 is 0 Å². The van der Waals surface area contributed by atoms with Gasteiger partial charge >= 0.3 is 5.97 Å². The van der Waals surface area contributed by atoms with Gasteiger partial charge in [0.15, 0.2) is 0 Å². The maximum Gasteiger partial charge on any atom is 0.305 e. The first-order valence-electron chi connectivity index (χ1n) is 10.6. The van der Waals surface area contributed by atoms with Gasteiger partial charge in [0, 0.05) is 30.8 Å². The predicted octanol–water partition coefficient (Wildman–Crippen LogP) is 3.95. The quantitative estimate of drug-likeness (QED) is 0.701. The molecule has 2 heterocycles. The number of hydrogen-bond donors (Lipinski definition) is 0. The normalized spacial score (nSPS) is 15.9. The second kappa shape index (κ2) is 9.20. The SMILES string of the molecule is COC(=O)CCc1ccc(N2CCOc3cc(C(=O)N4CCCCC4)ccc32)cc1. The fraction of sp³-hybridized carbons (Fsp3) is 0.417. The number of fused-ring (bicyclic) bond motifs is 1. The minimum absolute atomic E-state index is 0.0909. The van der Waals surface area contributed by atoms with E-state index in [9.17, 15) is 9.59 Å². The molecule has 6 heteroatoms. The largest absolute Gasteiger partial charge is 0.490 e. The summed E-state index contributed by atoms with van der Waals surface area (Å²) in [5.41, 5.74) is 3.82. The van der Waals surface area contributed by atoms with Crippen LogP contribution in [0.5, 0.6) is 5.75 Å². The molecule has 0 spiro atoms. The highest BCUT2D eigenvalue weighted by atomic mass is 16.5. The van der Waals surface area contributed by atoms with Crippen molar-refractivity contribution in [2.45, 2.75) is 32.1 Å². The molecule has 0 N–H and O–H groups in total. The zero-order valence-electron chi connectivity index (χ0n) is 17.4. The summed E-state index contributed by atoms with van der Waals surface area (Å²) in [5.74, 6) is 0.642. The summed E-state index contributed by atoms with van der Waals surface area (Å²) in [7, 11) is 1.41. The van der Waals surface area contributed by atoms with Crippen molar-refractivity contribution in [1.29, 1.82) is 0 Å². The van der Waals surface area contributed by atoms with Gasteiger partial charge < -0.3 is 19.3 Å². The predicted molar refractivity (Wildman–Crippen MR) is 115 cm³/mol. The second-order valence-electron chi connectivity index (χ2n) is 7.78. The molecule has 4 rings (SSSR count). The van der Waals surface area contributed by atoms with Crippen LogP contribution in [-0.2, 0) is 16.0 Å². The molecule has 2 aliphatic heterocycles. The van der Waals surface area contributed by atoms with E-state index in [2.05, 4.69) is 17.0 Å². The molecule has 2 aliphatic rings. The summed E-state index contributed by atoms with van der Waals surface area (Å²) in [6, 6.07) is 14.0. The molecule has 1 fully saturated rings. The van der Waals surface area contributed by atoms with Gasteiger partial charge in [0.25, 0.3) is 5.91 Å². The molecule has 0 radical (unpaired) electrons. The molecule has 0 aliphatic carbocycles. The number of esters is 1. The van der Waals surface area contributed by atoms with Gasteiger partial charge in [-0.15, -0.1) is 0 Å². The van der Waals surface area contributed by atoms with Crippen LogP contribution in [0.4, 0.5) is 11.4 Å². The molecule has 30 heavy (non-hydrogen) atoms. The van der Waals surface area contributed by atoms with E-state index in [1.165, 1.54) is 13.5 Å². The molecule has 158 valence electrons. The van der Waals surface area contributed by atoms with Crippen LogP contribution < -0.4 is 9.64 Å². The lowest BCUT2D eigenvalue weighted by Gasteiger charge is -2.32. The van der Waals surface area contributed by atoms with Crippen LogP contribution in [0.15, 0.2) is 42.5 Å². The molecule has 0 atom stereocenters. The lowest BCUT2D eigenvalue weighted by molar-refractivity contribution is -0.140. The van der Waals surface area contributed by atoms with Crippen molar-refractivity contribution in [3.05, 3.63) is 53.6 Å². The van der Waals surface area contributed by atoms with Crippen molar-refractivity contribution in [2.24, 2.45) is 0 Å². The first-order valence-corrected chi connectivity index (χ1v) is 10.6. The molecule has 1 saturated heterocycles. The molecule has 2 aromatic carbocycles. The number of ether oxygens (including phenoxy) is 2. The summed E-state index contributed by atoms with van der Waals surface area (Å²) in [6.07, 6.45) is 4.40. The number of amides is 1. The molecule has 0 bridgehead atoms. The summed E-state index contributed by atoms with van der Waals surface area (Å²) >= 11 is 0. The maximum absolute atomic E-state index is 12.8. The van der Waals surface area contributed by atoms with Crippen LogP contribution in [0.3, 0.4) is 0 Å². The third-order valence-corrected chi connectivity index (χ3v) is 5.81. The Balaban J connectivity index is 1.49. The van der Waals surface area contributed by atoms with Crippen LogP contribution in [0, 0.1) is 0 Å². The number of nitrogens with zero attached hydrogens (tertiary/aromatic N) is 2. The molecular weight excluding hydrogens is 380 g/mol. The van der Waals surface area contributed by atoms with E-state index >= 15 is 0 Å². The number of carbonyl (C=O) groups excluding carboxylic acids is 2. The molecule has 6 nitrogen and oxygen atoms in total. The minimum atomic E-state index is -0.198. The standard InChI is InChI=1S/C24H28N2O4/c1-29-23(27)12-7-18-5-9-20(10-6-18)26-15-16-30-22-17-19(8-11-21(22)26)24(28)25-13-3-2-4-14-25/h5-6,8-11,17H,2-4,7,12-16H2,1H3. The third-order valence-electron chi connectivity index (χ3n) is 5.81. The number of anilines is 2. The van der Waals surface area contributed by atoms with Crippen LogP contribution in [0.2, 0.25) is 0 Å².